The summed E-state index contributed by atoms with van der Waals surface area (Å²) < 4.78 is 0. The lowest BCUT2D eigenvalue weighted by Crippen LogP contribution is -2.47. The fraction of sp³-hybridized carbons (Fsp3) is 0.429. The van der Waals surface area contributed by atoms with E-state index in [0.29, 0.717) is 23.1 Å². The van der Waals surface area contributed by atoms with E-state index in [2.05, 4.69) is 0 Å². The summed E-state index contributed by atoms with van der Waals surface area (Å²) in [4.78, 5) is 27.6. The van der Waals surface area contributed by atoms with Crippen molar-refractivity contribution in [3.63, 3.8) is 0 Å². The van der Waals surface area contributed by atoms with Crippen LogP contribution in [-0.4, -0.2) is 53.4 Å². The molecular weight excluding hydrogens is 296 g/mol. The van der Waals surface area contributed by atoms with Gasteiger partial charge < -0.3 is 9.80 Å². The van der Waals surface area contributed by atoms with E-state index in [4.69, 9.17) is 11.6 Å². The summed E-state index contributed by atoms with van der Waals surface area (Å²) in [7, 11) is 3.43. The Hall–Kier alpha value is -1.20. The molecule has 0 bridgehead atoms. The molecule has 0 unspecified atom stereocenters. The Morgan fingerprint density at radius 3 is 2.60 bits per heavy atom. The fourth-order valence-corrected chi connectivity index (χ4v) is 3.37. The van der Waals surface area contributed by atoms with E-state index in [1.165, 1.54) is 0 Å². The van der Waals surface area contributed by atoms with E-state index in [-0.39, 0.29) is 17.9 Å². The van der Waals surface area contributed by atoms with Crippen LogP contribution in [0.2, 0.25) is 5.02 Å². The number of hydrogen-bond donors (Lipinski definition) is 0. The van der Waals surface area contributed by atoms with Gasteiger partial charge in [0.25, 0.3) is 0 Å². The highest BCUT2D eigenvalue weighted by atomic mass is 35.5. The van der Waals surface area contributed by atoms with Crippen molar-refractivity contribution in [2.75, 3.05) is 25.7 Å². The zero-order chi connectivity index (χ0) is 14.7. The van der Waals surface area contributed by atoms with E-state index in [1.807, 2.05) is 12.1 Å². The SMILES string of the molecule is CN(C)C(=O)[C@H]1CSCN1C(=O)Cc1ccc(Cl)cc1. The van der Waals surface area contributed by atoms with E-state index in [9.17, 15) is 9.59 Å². The van der Waals surface area contributed by atoms with Gasteiger partial charge in [0.15, 0.2) is 0 Å². The van der Waals surface area contributed by atoms with Crippen LogP contribution in [0.25, 0.3) is 0 Å². The molecule has 2 rings (SSSR count). The summed E-state index contributed by atoms with van der Waals surface area (Å²) in [6, 6.07) is 6.88. The zero-order valence-corrected chi connectivity index (χ0v) is 13.1. The van der Waals surface area contributed by atoms with E-state index in [0.717, 1.165) is 5.56 Å². The number of amides is 2. The first-order chi connectivity index (χ1) is 9.49. The molecular formula is C14H17ClN2O2S. The highest BCUT2D eigenvalue weighted by Gasteiger charge is 2.35. The number of nitrogens with zero attached hydrogens (tertiary/aromatic N) is 2. The lowest BCUT2D eigenvalue weighted by Gasteiger charge is -2.25. The topological polar surface area (TPSA) is 40.6 Å². The van der Waals surface area contributed by atoms with Crippen LogP contribution in [0.1, 0.15) is 5.56 Å². The van der Waals surface area contributed by atoms with E-state index < -0.39 is 0 Å². The molecule has 108 valence electrons. The van der Waals surface area contributed by atoms with Gasteiger partial charge in [-0.1, -0.05) is 23.7 Å². The van der Waals surface area contributed by atoms with Crippen molar-refractivity contribution in [2.24, 2.45) is 0 Å². The van der Waals surface area contributed by atoms with Crippen LogP contribution in [0.3, 0.4) is 0 Å². The maximum Gasteiger partial charge on any atom is 0.245 e. The summed E-state index contributed by atoms with van der Waals surface area (Å²) in [5, 5.41) is 0.651. The van der Waals surface area contributed by atoms with Crippen molar-refractivity contribution in [1.82, 2.24) is 9.80 Å². The summed E-state index contributed by atoms with van der Waals surface area (Å²) in [6.45, 7) is 0. The molecule has 1 atom stereocenters. The minimum absolute atomic E-state index is 0.0144. The first-order valence-corrected chi connectivity index (χ1v) is 7.85. The molecule has 6 heteroatoms. The molecule has 0 saturated carbocycles. The number of thioether (sulfide) groups is 1. The summed E-state index contributed by atoms with van der Waals surface area (Å²) in [5.41, 5.74) is 0.910. The molecule has 2 amide bonds. The normalized spacial score (nSPS) is 18.1. The monoisotopic (exact) mass is 312 g/mol. The summed E-state index contributed by atoms with van der Waals surface area (Å²) in [5.74, 6) is 1.22. The first kappa shape index (κ1) is 15.2. The molecule has 0 aromatic heterocycles. The summed E-state index contributed by atoms with van der Waals surface area (Å²) >= 11 is 7.44. The smallest absolute Gasteiger partial charge is 0.245 e. The van der Waals surface area contributed by atoms with Gasteiger partial charge in [-0.2, -0.15) is 0 Å². The Morgan fingerprint density at radius 1 is 1.35 bits per heavy atom. The van der Waals surface area contributed by atoms with Crippen molar-refractivity contribution in [1.29, 1.82) is 0 Å². The van der Waals surface area contributed by atoms with Gasteiger partial charge in [-0.3, -0.25) is 9.59 Å². The molecule has 0 radical (unpaired) electrons. The number of carbonyl (C=O) groups is 2. The second kappa shape index (κ2) is 6.50. The average molecular weight is 313 g/mol. The molecule has 1 aromatic rings. The molecule has 0 N–H and O–H groups in total. The third kappa shape index (κ3) is 3.46. The maximum atomic E-state index is 12.3. The molecule has 1 heterocycles. The predicted octanol–water partition coefficient (Wildman–Crippen LogP) is 1.87. The fourth-order valence-electron chi connectivity index (χ4n) is 2.07. The number of carbonyl (C=O) groups excluding carboxylic acids is 2. The molecule has 4 nitrogen and oxygen atoms in total. The number of hydrogen-bond acceptors (Lipinski definition) is 3. The molecule has 0 aliphatic carbocycles. The third-order valence-electron chi connectivity index (χ3n) is 3.20. The van der Waals surface area contributed by atoms with Crippen molar-refractivity contribution in [3.05, 3.63) is 34.9 Å². The van der Waals surface area contributed by atoms with Gasteiger partial charge in [0.2, 0.25) is 11.8 Å². The lowest BCUT2D eigenvalue weighted by molar-refractivity contribution is -0.141. The number of likely N-dealkylation sites (N-methyl/N-ethyl adjacent to an activating group) is 1. The molecule has 1 aromatic carbocycles. The minimum Gasteiger partial charge on any atom is -0.347 e. The highest BCUT2D eigenvalue weighted by Crippen LogP contribution is 2.23. The second-order valence-corrected chi connectivity index (χ2v) is 6.35. The van der Waals surface area contributed by atoms with Crippen LogP contribution in [0, 0.1) is 0 Å². The average Bonchev–Trinajstić information content (AvgIpc) is 2.89. The van der Waals surface area contributed by atoms with Crippen molar-refractivity contribution < 1.29 is 9.59 Å². The van der Waals surface area contributed by atoms with Crippen molar-refractivity contribution in [3.8, 4) is 0 Å². The van der Waals surface area contributed by atoms with Crippen LogP contribution < -0.4 is 0 Å². The van der Waals surface area contributed by atoms with Gasteiger partial charge in [0, 0.05) is 24.9 Å². The molecule has 1 aliphatic rings. The Morgan fingerprint density at radius 2 is 2.00 bits per heavy atom. The van der Waals surface area contributed by atoms with Crippen LogP contribution in [0.4, 0.5) is 0 Å². The van der Waals surface area contributed by atoms with Gasteiger partial charge in [-0.25, -0.2) is 0 Å². The molecule has 1 saturated heterocycles. The predicted molar refractivity (Wildman–Crippen MR) is 81.8 cm³/mol. The Bertz CT molecular complexity index is 504. The Labute approximate surface area is 128 Å². The van der Waals surface area contributed by atoms with Crippen LogP contribution >= 0.6 is 23.4 Å². The second-order valence-electron chi connectivity index (χ2n) is 4.92. The van der Waals surface area contributed by atoms with Gasteiger partial charge in [-0.15, -0.1) is 11.8 Å². The van der Waals surface area contributed by atoms with E-state index in [1.54, 1.807) is 47.8 Å². The molecule has 1 fully saturated rings. The number of halogens is 1. The highest BCUT2D eigenvalue weighted by molar-refractivity contribution is 7.99. The van der Waals surface area contributed by atoms with Crippen LogP contribution in [-0.2, 0) is 16.0 Å². The Balaban J connectivity index is 2.04. The lowest BCUT2D eigenvalue weighted by atomic mass is 10.1. The van der Waals surface area contributed by atoms with Crippen molar-refractivity contribution in [2.45, 2.75) is 12.5 Å². The zero-order valence-electron chi connectivity index (χ0n) is 11.5. The van der Waals surface area contributed by atoms with Gasteiger partial charge >= 0.3 is 0 Å². The molecule has 1 aliphatic heterocycles. The quantitative estimate of drug-likeness (QED) is 0.855. The minimum atomic E-state index is -0.338. The first-order valence-electron chi connectivity index (χ1n) is 6.32. The van der Waals surface area contributed by atoms with Gasteiger partial charge in [0.1, 0.15) is 6.04 Å². The van der Waals surface area contributed by atoms with Gasteiger partial charge in [-0.05, 0) is 17.7 Å². The van der Waals surface area contributed by atoms with Crippen LogP contribution in [0.5, 0.6) is 0 Å². The largest absolute Gasteiger partial charge is 0.347 e. The molecule has 20 heavy (non-hydrogen) atoms. The standard InChI is InChI=1S/C14H17ClN2O2S/c1-16(2)14(19)12-8-20-9-17(12)13(18)7-10-3-5-11(15)6-4-10/h3-6,12H,7-9H2,1-2H3/t12-/m1/s1. The molecule has 0 spiro atoms. The third-order valence-corrected chi connectivity index (χ3v) is 4.46. The number of benzene rings is 1. The van der Waals surface area contributed by atoms with Crippen molar-refractivity contribution >= 4 is 35.2 Å². The Kier molecular flexibility index (Phi) is 4.94. The maximum absolute atomic E-state index is 12.3. The van der Waals surface area contributed by atoms with Crippen LogP contribution in [0.15, 0.2) is 24.3 Å². The summed E-state index contributed by atoms with van der Waals surface area (Å²) in [6.07, 6.45) is 0.301. The van der Waals surface area contributed by atoms with E-state index >= 15 is 0 Å². The van der Waals surface area contributed by atoms with Gasteiger partial charge in [0.05, 0.1) is 12.3 Å². The number of rotatable bonds is 3.